The van der Waals surface area contributed by atoms with Crippen LogP contribution < -0.4 is 0 Å². The summed E-state index contributed by atoms with van der Waals surface area (Å²) < 4.78 is 11.1. The molecule has 2 fully saturated rings. The SMILES string of the molecule is O=C(Cc1noc2ccccc12)N(C[C@H]1CCCO1)[C@@H]1CCSC1. The average Bonchev–Trinajstić information content (AvgIpc) is 3.35. The van der Waals surface area contributed by atoms with Crippen LogP contribution in [0.25, 0.3) is 11.0 Å². The van der Waals surface area contributed by atoms with Crippen LogP contribution in [0.5, 0.6) is 0 Å². The molecule has 0 spiro atoms. The summed E-state index contributed by atoms with van der Waals surface area (Å²) in [7, 11) is 0. The van der Waals surface area contributed by atoms with Gasteiger partial charge in [0.05, 0.1) is 12.5 Å². The minimum atomic E-state index is 0.136. The second-order valence-electron chi connectivity index (χ2n) is 6.50. The van der Waals surface area contributed by atoms with Gasteiger partial charge in [-0.1, -0.05) is 17.3 Å². The van der Waals surface area contributed by atoms with Gasteiger partial charge in [0.1, 0.15) is 5.69 Å². The molecular weight excluding hydrogens is 324 g/mol. The molecule has 24 heavy (non-hydrogen) atoms. The normalized spacial score (nSPS) is 23.8. The Morgan fingerprint density at radius 2 is 2.25 bits per heavy atom. The lowest BCUT2D eigenvalue weighted by Crippen LogP contribution is -2.45. The summed E-state index contributed by atoms with van der Waals surface area (Å²) in [6, 6.07) is 8.03. The molecule has 2 atom stereocenters. The van der Waals surface area contributed by atoms with Gasteiger partial charge in [0.2, 0.25) is 5.91 Å². The van der Waals surface area contributed by atoms with Gasteiger partial charge in [-0.25, -0.2) is 0 Å². The van der Waals surface area contributed by atoms with Gasteiger partial charge >= 0.3 is 0 Å². The topological polar surface area (TPSA) is 55.6 Å². The van der Waals surface area contributed by atoms with Gasteiger partial charge in [-0.15, -0.1) is 0 Å². The second kappa shape index (κ2) is 7.15. The third-order valence-electron chi connectivity index (χ3n) is 4.86. The Morgan fingerprint density at radius 3 is 3.04 bits per heavy atom. The Balaban J connectivity index is 1.51. The second-order valence-corrected chi connectivity index (χ2v) is 7.65. The van der Waals surface area contributed by atoms with E-state index in [1.165, 1.54) is 0 Å². The number of para-hydroxylation sites is 1. The first-order valence-electron chi connectivity index (χ1n) is 8.63. The number of carbonyl (C=O) groups is 1. The highest BCUT2D eigenvalue weighted by Crippen LogP contribution is 2.26. The lowest BCUT2D eigenvalue weighted by molar-refractivity contribution is -0.134. The molecule has 5 nitrogen and oxygen atoms in total. The summed E-state index contributed by atoms with van der Waals surface area (Å²) in [5, 5.41) is 5.05. The number of fused-ring (bicyclic) bond motifs is 1. The van der Waals surface area contributed by atoms with E-state index in [0.717, 1.165) is 54.0 Å². The molecule has 0 aliphatic carbocycles. The fourth-order valence-electron chi connectivity index (χ4n) is 3.54. The number of hydrogen-bond donors (Lipinski definition) is 0. The monoisotopic (exact) mass is 346 g/mol. The van der Waals surface area contributed by atoms with E-state index in [2.05, 4.69) is 5.16 Å². The maximum atomic E-state index is 13.0. The zero-order valence-corrected chi connectivity index (χ0v) is 14.5. The number of benzene rings is 1. The van der Waals surface area contributed by atoms with Gasteiger partial charge in [0.25, 0.3) is 0 Å². The standard InChI is InChI=1S/C18H22N2O3S/c21-18(10-16-15-5-1-2-6-17(15)23-19-16)20(13-7-9-24-12-13)11-14-4-3-8-22-14/h1-2,5-6,13-14H,3-4,7-12H2/t13-,14-/m1/s1. The van der Waals surface area contributed by atoms with Crippen LogP contribution in [0.4, 0.5) is 0 Å². The van der Waals surface area contributed by atoms with Crippen molar-refractivity contribution in [1.29, 1.82) is 0 Å². The maximum Gasteiger partial charge on any atom is 0.229 e. The van der Waals surface area contributed by atoms with Crippen LogP contribution in [0.3, 0.4) is 0 Å². The highest BCUT2D eigenvalue weighted by Gasteiger charge is 2.31. The molecule has 2 saturated heterocycles. The lowest BCUT2D eigenvalue weighted by atomic mass is 10.1. The van der Waals surface area contributed by atoms with Crippen LogP contribution in [-0.4, -0.2) is 52.8 Å². The van der Waals surface area contributed by atoms with Gasteiger partial charge in [0, 0.05) is 30.3 Å². The Morgan fingerprint density at radius 1 is 1.33 bits per heavy atom. The van der Waals surface area contributed by atoms with Crippen molar-refractivity contribution in [3.63, 3.8) is 0 Å². The fourth-order valence-corrected chi connectivity index (χ4v) is 4.76. The van der Waals surface area contributed by atoms with E-state index in [1.807, 2.05) is 40.9 Å². The molecule has 2 aliphatic rings. The Kier molecular flexibility index (Phi) is 4.76. The van der Waals surface area contributed by atoms with Crippen molar-refractivity contribution in [1.82, 2.24) is 10.1 Å². The van der Waals surface area contributed by atoms with Crippen molar-refractivity contribution in [2.75, 3.05) is 24.7 Å². The molecule has 6 heteroatoms. The fraction of sp³-hybridized carbons (Fsp3) is 0.556. The molecular formula is C18H22N2O3S. The summed E-state index contributed by atoms with van der Waals surface area (Å²) in [6.07, 6.45) is 3.71. The third-order valence-corrected chi connectivity index (χ3v) is 6.01. The molecule has 128 valence electrons. The number of rotatable bonds is 5. The summed E-state index contributed by atoms with van der Waals surface area (Å²) in [6.45, 7) is 1.53. The van der Waals surface area contributed by atoms with E-state index < -0.39 is 0 Å². The zero-order valence-electron chi connectivity index (χ0n) is 13.6. The number of ether oxygens (including phenoxy) is 1. The number of aromatic nitrogens is 1. The first-order chi connectivity index (χ1) is 11.8. The molecule has 4 rings (SSSR count). The van der Waals surface area contributed by atoms with Crippen LogP contribution in [-0.2, 0) is 16.0 Å². The average molecular weight is 346 g/mol. The molecule has 0 N–H and O–H groups in total. The molecule has 0 bridgehead atoms. The van der Waals surface area contributed by atoms with E-state index in [-0.39, 0.29) is 12.0 Å². The van der Waals surface area contributed by atoms with Crippen molar-refractivity contribution in [2.24, 2.45) is 0 Å². The smallest absolute Gasteiger partial charge is 0.229 e. The van der Waals surface area contributed by atoms with Crippen molar-refractivity contribution in [3.05, 3.63) is 30.0 Å². The molecule has 1 aromatic heterocycles. The number of amides is 1. The molecule has 2 aliphatic heterocycles. The number of nitrogens with zero attached hydrogens (tertiary/aromatic N) is 2. The van der Waals surface area contributed by atoms with Gasteiger partial charge < -0.3 is 14.2 Å². The molecule has 0 unspecified atom stereocenters. The molecule has 0 saturated carbocycles. The number of carbonyl (C=O) groups excluding carboxylic acids is 1. The Bertz CT molecular complexity index is 705. The van der Waals surface area contributed by atoms with E-state index in [1.54, 1.807) is 0 Å². The van der Waals surface area contributed by atoms with Crippen LogP contribution in [0, 0.1) is 0 Å². The minimum Gasteiger partial charge on any atom is -0.376 e. The lowest BCUT2D eigenvalue weighted by Gasteiger charge is -2.30. The van der Waals surface area contributed by atoms with Crippen molar-refractivity contribution < 1.29 is 14.1 Å². The van der Waals surface area contributed by atoms with Crippen LogP contribution in [0.2, 0.25) is 0 Å². The Labute approximate surface area is 145 Å². The number of hydrogen-bond acceptors (Lipinski definition) is 5. The predicted molar refractivity (Wildman–Crippen MR) is 94.1 cm³/mol. The summed E-state index contributed by atoms with van der Waals surface area (Å²) in [5.41, 5.74) is 1.47. The van der Waals surface area contributed by atoms with Gasteiger partial charge in [-0.2, -0.15) is 11.8 Å². The molecule has 0 radical (unpaired) electrons. The molecule has 2 aromatic rings. The van der Waals surface area contributed by atoms with Gasteiger partial charge in [0.15, 0.2) is 5.58 Å². The number of thioether (sulfide) groups is 1. The van der Waals surface area contributed by atoms with E-state index in [4.69, 9.17) is 9.26 Å². The summed E-state index contributed by atoms with van der Waals surface area (Å²) >= 11 is 1.93. The van der Waals surface area contributed by atoms with E-state index >= 15 is 0 Å². The minimum absolute atomic E-state index is 0.136. The predicted octanol–water partition coefficient (Wildman–Crippen LogP) is 2.88. The third kappa shape index (κ3) is 3.30. The first kappa shape index (κ1) is 16.0. The van der Waals surface area contributed by atoms with Crippen molar-refractivity contribution in [2.45, 2.75) is 37.8 Å². The van der Waals surface area contributed by atoms with Crippen molar-refractivity contribution in [3.8, 4) is 0 Å². The zero-order chi connectivity index (χ0) is 16.4. The van der Waals surface area contributed by atoms with Crippen LogP contribution in [0.1, 0.15) is 25.0 Å². The molecule has 1 amide bonds. The highest BCUT2D eigenvalue weighted by atomic mass is 32.2. The van der Waals surface area contributed by atoms with Gasteiger partial charge in [-0.3, -0.25) is 4.79 Å². The Hall–Kier alpha value is -1.53. The van der Waals surface area contributed by atoms with E-state index in [0.29, 0.717) is 19.0 Å². The summed E-state index contributed by atoms with van der Waals surface area (Å²) in [5.74, 6) is 2.29. The summed E-state index contributed by atoms with van der Waals surface area (Å²) in [4.78, 5) is 15.0. The maximum absolute atomic E-state index is 13.0. The first-order valence-corrected chi connectivity index (χ1v) is 9.79. The largest absolute Gasteiger partial charge is 0.376 e. The molecule has 1 aromatic carbocycles. The highest BCUT2D eigenvalue weighted by molar-refractivity contribution is 7.99. The van der Waals surface area contributed by atoms with Gasteiger partial charge in [-0.05, 0) is 37.1 Å². The quantitative estimate of drug-likeness (QED) is 0.833. The molecule has 3 heterocycles. The van der Waals surface area contributed by atoms with Crippen LogP contribution >= 0.6 is 11.8 Å². The van der Waals surface area contributed by atoms with Crippen molar-refractivity contribution >= 4 is 28.6 Å². The van der Waals surface area contributed by atoms with E-state index in [9.17, 15) is 4.79 Å². The van der Waals surface area contributed by atoms with Crippen LogP contribution in [0.15, 0.2) is 28.8 Å².